The third-order valence-electron chi connectivity index (χ3n) is 3.22. The normalized spacial score (nSPS) is 10.4. The van der Waals surface area contributed by atoms with Crippen LogP contribution in [-0.4, -0.2) is 31.0 Å². The van der Waals surface area contributed by atoms with Gasteiger partial charge < -0.3 is 9.64 Å². The first-order valence-corrected chi connectivity index (χ1v) is 6.90. The number of hydrogen-bond donors (Lipinski definition) is 0. The molecule has 0 radical (unpaired) electrons. The minimum absolute atomic E-state index is 0.0350. The van der Waals surface area contributed by atoms with Gasteiger partial charge in [0.25, 0.3) is 5.91 Å². The standard InChI is InChI=1S/C16H25NO2/c1-6-7-8-17(5)15(18)11-19-16-13(3)9-12(2)10-14(16)4/h9-10H,6-8,11H2,1-5H3. The fourth-order valence-electron chi connectivity index (χ4n) is 2.16. The summed E-state index contributed by atoms with van der Waals surface area (Å²) in [6.45, 7) is 9.12. The molecule has 3 heteroatoms. The molecule has 0 aromatic heterocycles. The first-order valence-electron chi connectivity index (χ1n) is 6.90. The molecule has 0 saturated carbocycles. The first-order chi connectivity index (χ1) is 8.95. The zero-order valence-corrected chi connectivity index (χ0v) is 12.7. The molecule has 0 heterocycles. The number of unbranched alkanes of at least 4 members (excludes halogenated alkanes) is 1. The number of benzene rings is 1. The number of rotatable bonds is 6. The molecule has 1 rings (SSSR count). The van der Waals surface area contributed by atoms with Crippen molar-refractivity contribution < 1.29 is 9.53 Å². The highest BCUT2D eigenvalue weighted by molar-refractivity contribution is 5.77. The Labute approximate surface area is 116 Å². The van der Waals surface area contributed by atoms with Crippen LogP contribution in [0, 0.1) is 20.8 Å². The van der Waals surface area contributed by atoms with Crippen LogP contribution in [-0.2, 0) is 4.79 Å². The van der Waals surface area contributed by atoms with E-state index in [1.54, 1.807) is 4.90 Å². The van der Waals surface area contributed by atoms with E-state index in [4.69, 9.17) is 4.74 Å². The third-order valence-corrected chi connectivity index (χ3v) is 3.22. The summed E-state index contributed by atoms with van der Waals surface area (Å²) in [5.74, 6) is 0.871. The number of nitrogens with zero attached hydrogens (tertiary/aromatic N) is 1. The largest absolute Gasteiger partial charge is 0.483 e. The molecule has 19 heavy (non-hydrogen) atoms. The van der Waals surface area contributed by atoms with E-state index in [1.807, 2.05) is 20.9 Å². The van der Waals surface area contributed by atoms with Gasteiger partial charge in [-0.3, -0.25) is 4.79 Å². The number of aryl methyl sites for hydroxylation is 3. The number of carbonyl (C=O) groups is 1. The minimum atomic E-state index is 0.0350. The summed E-state index contributed by atoms with van der Waals surface area (Å²) in [6, 6.07) is 4.15. The van der Waals surface area contributed by atoms with Crippen molar-refractivity contribution in [1.82, 2.24) is 4.90 Å². The summed E-state index contributed by atoms with van der Waals surface area (Å²) in [5, 5.41) is 0. The SMILES string of the molecule is CCCCN(C)C(=O)COc1c(C)cc(C)cc1C. The molecule has 0 aliphatic rings. The van der Waals surface area contributed by atoms with Gasteiger partial charge in [-0.1, -0.05) is 31.0 Å². The van der Waals surface area contributed by atoms with Crippen LogP contribution in [0.5, 0.6) is 5.75 Å². The molecule has 1 aromatic rings. The molecule has 0 aliphatic carbocycles. The fraction of sp³-hybridized carbons (Fsp3) is 0.562. The summed E-state index contributed by atoms with van der Waals surface area (Å²) >= 11 is 0. The quantitative estimate of drug-likeness (QED) is 0.788. The highest BCUT2D eigenvalue weighted by atomic mass is 16.5. The Morgan fingerprint density at radius 3 is 2.32 bits per heavy atom. The van der Waals surface area contributed by atoms with Gasteiger partial charge >= 0.3 is 0 Å². The van der Waals surface area contributed by atoms with Crippen molar-refractivity contribution >= 4 is 5.91 Å². The highest BCUT2D eigenvalue weighted by Gasteiger charge is 2.11. The van der Waals surface area contributed by atoms with Crippen molar-refractivity contribution in [3.63, 3.8) is 0 Å². The predicted molar refractivity (Wildman–Crippen MR) is 78.7 cm³/mol. The lowest BCUT2D eigenvalue weighted by molar-refractivity contribution is -0.132. The van der Waals surface area contributed by atoms with E-state index >= 15 is 0 Å². The summed E-state index contributed by atoms with van der Waals surface area (Å²) in [5.41, 5.74) is 3.39. The second-order valence-corrected chi connectivity index (χ2v) is 5.19. The van der Waals surface area contributed by atoms with Gasteiger partial charge in [-0.05, 0) is 38.3 Å². The monoisotopic (exact) mass is 263 g/mol. The number of hydrogen-bond acceptors (Lipinski definition) is 2. The molecule has 0 atom stereocenters. The van der Waals surface area contributed by atoms with Gasteiger partial charge in [0.15, 0.2) is 6.61 Å². The van der Waals surface area contributed by atoms with Crippen molar-refractivity contribution in [1.29, 1.82) is 0 Å². The number of amides is 1. The average molecular weight is 263 g/mol. The van der Waals surface area contributed by atoms with Crippen LogP contribution in [0.4, 0.5) is 0 Å². The van der Waals surface area contributed by atoms with Crippen molar-refractivity contribution in [3.8, 4) is 5.75 Å². The highest BCUT2D eigenvalue weighted by Crippen LogP contribution is 2.24. The van der Waals surface area contributed by atoms with Crippen LogP contribution >= 0.6 is 0 Å². The summed E-state index contributed by atoms with van der Waals surface area (Å²) in [6.07, 6.45) is 2.12. The summed E-state index contributed by atoms with van der Waals surface area (Å²) in [4.78, 5) is 13.7. The summed E-state index contributed by atoms with van der Waals surface area (Å²) < 4.78 is 5.69. The lowest BCUT2D eigenvalue weighted by atomic mass is 10.1. The average Bonchev–Trinajstić information content (AvgIpc) is 2.34. The zero-order chi connectivity index (χ0) is 14.4. The van der Waals surface area contributed by atoms with E-state index in [-0.39, 0.29) is 12.5 Å². The smallest absolute Gasteiger partial charge is 0.260 e. The van der Waals surface area contributed by atoms with Crippen LogP contribution < -0.4 is 4.74 Å². The van der Waals surface area contributed by atoms with Gasteiger partial charge in [0.05, 0.1) is 0 Å². The molecule has 1 aromatic carbocycles. The van der Waals surface area contributed by atoms with Gasteiger partial charge in [-0.2, -0.15) is 0 Å². The Morgan fingerprint density at radius 1 is 1.21 bits per heavy atom. The Hall–Kier alpha value is -1.51. The Bertz CT molecular complexity index is 417. The topological polar surface area (TPSA) is 29.5 Å². The van der Waals surface area contributed by atoms with Gasteiger partial charge in [-0.25, -0.2) is 0 Å². The van der Waals surface area contributed by atoms with Gasteiger partial charge in [0, 0.05) is 13.6 Å². The van der Waals surface area contributed by atoms with Crippen LogP contribution in [0.25, 0.3) is 0 Å². The lowest BCUT2D eigenvalue weighted by Gasteiger charge is -2.18. The minimum Gasteiger partial charge on any atom is -0.483 e. The Morgan fingerprint density at radius 2 is 1.79 bits per heavy atom. The lowest BCUT2D eigenvalue weighted by Crippen LogP contribution is -2.32. The van der Waals surface area contributed by atoms with Crippen molar-refractivity contribution in [2.75, 3.05) is 20.2 Å². The van der Waals surface area contributed by atoms with Gasteiger partial charge in [-0.15, -0.1) is 0 Å². The molecule has 0 unspecified atom stereocenters. The zero-order valence-electron chi connectivity index (χ0n) is 12.7. The number of likely N-dealkylation sites (N-methyl/N-ethyl adjacent to an activating group) is 1. The molecule has 0 N–H and O–H groups in total. The molecule has 1 amide bonds. The molecule has 0 fully saturated rings. The van der Waals surface area contributed by atoms with Crippen LogP contribution in [0.2, 0.25) is 0 Å². The number of ether oxygens (including phenoxy) is 1. The number of carbonyl (C=O) groups excluding carboxylic acids is 1. The van der Waals surface area contributed by atoms with E-state index in [0.29, 0.717) is 0 Å². The second-order valence-electron chi connectivity index (χ2n) is 5.19. The van der Waals surface area contributed by atoms with Crippen LogP contribution in [0.1, 0.15) is 36.5 Å². The molecular formula is C16H25NO2. The summed E-state index contributed by atoms with van der Waals surface area (Å²) in [7, 11) is 1.83. The van der Waals surface area contributed by atoms with Crippen LogP contribution in [0.15, 0.2) is 12.1 Å². The molecule has 0 saturated heterocycles. The van der Waals surface area contributed by atoms with E-state index in [2.05, 4.69) is 26.0 Å². The van der Waals surface area contributed by atoms with Gasteiger partial charge in [0.2, 0.25) is 0 Å². The molecular weight excluding hydrogens is 238 g/mol. The molecule has 0 bridgehead atoms. The predicted octanol–water partition coefficient (Wildman–Crippen LogP) is 3.25. The van der Waals surface area contributed by atoms with E-state index in [0.717, 1.165) is 36.3 Å². The van der Waals surface area contributed by atoms with E-state index in [9.17, 15) is 4.79 Å². The molecule has 0 spiro atoms. The Kier molecular flexibility index (Phi) is 5.87. The maximum Gasteiger partial charge on any atom is 0.260 e. The second kappa shape index (κ2) is 7.17. The fourth-order valence-corrected chi connectivity index (χ4v) is 2.16. The van der Waals surface area contributed by atoms with Crippen LogP contribution in [0.3, 0.4) is 0 Å². The van der Waals surface area contributed by atoms with E-state index < -0.39 is 0 Å². The van der Waals surface area contributed by atoms with E-state index in [1.165, 1.54) is 5.56 Å². The molecule has 3 nitrogen and oxygen atoms in total. The Balaban J connectivity index is 2.60. The molecule has 106 valence electrons. The van der Waals surface area contributed by atoms with Crippen molar-refractivity contribution in [3.05, 3.63) is 28.8 Å². The maximum atomic E-state index is 11.9. The van der Waals surface area contributed by atoms with Crippen molar-refractivity contribution in [2.24, 2.45) is 0 Å². The maximum absolute atomic E-state index is 11.9. The molecule has 0 aliphatic heterocycles. The third kappa shape index (κ3) is 4.58. The van der Waals surface area contributed by atoms with Gasteiger partial charge in [0.1, 0.15) is 5.75 Å². The first kappa shape index (κ1) is 15.5. The van der Waals surface area contributed by atoms with Crippen molar-refractivity contribution in [2.45, 2.75) is 40.5 Å².